The number of nitrogens with zero attached hydrogens (tertiary/aromatic N) is 5. The van der Waals surface area contributed by atoms with Crippen LogP contribution >= 0.6 is 11.6 Å². The van der Waals surface area contributed by atoms with Gasteiger partial charge in [-0.2, -0.15) is 5.10 Å². The van der Waals surface area contributed by atoms with Gasteiger partial charge in [-0.1, -0.05) is 5.21 Å². The second kappa shape index (κ2) is 3.42. The van der Waals surface area contributed by atoms with E-state index in [-0.39, 0.29) is 0 Å². The molecule has 0 atom stereocenters. The molecular formula is C8H10ClN5. The highest BCUT2D eigenvalue weighted by atomic mass is 35.5. The first-order valence-electron chi connectivity index (χ1n) is 4.18. The maximum absolute atomic E-state index is 5.64. The van der Waals surface area contributed by atoms with Crippen molar-refractivity contribution >= 4 is 11.6 Å². The summed E-state index contributed by atoms with van der Waals surface area (Å²) in [7, 11) is 1.87. The lowest BCUT2D eigenvalue weighted by Crippen LogP contribution is -1.94. The van der Waals surface area contributed by atoms with E-state index in [1.807, 2.05) is 20.2 Å². The molecule has 0 aromatic carbocycles. The normalized spacial score (nSPS) is 10.8. The van der Waals surface area contributed by atoms with Gasteiger partial charge in [-0.25, -0.2) is 4.68 Å². The predicted octanol–water partition coefficient (Wildman–Crippen LogP) is 1.05. The Bertz CT molecular complexity index is 444. The Kier molecular flexibility index (Phi) is 2.25. The zero-order valence-corrected chi connectivity index (χ0v) is 8.73. The van der Waals surface area contributed by atoms with E-state index >= 15 is 0 Å². The molecule has 0 aliphatic rings. The quantitative estimate of drug-likeness (QED) is 0.698. The third-order valence-electron chi connectivity index (χ3n) is 1.91. The zero-order chi connectivity index (χ0) is 10.1. The van der Waals surface area contributed by atoms with E-state index in [0.717, 1.165) is 17.1 Å². The number of rotatable bonds is 2. The summed E-state index contributed by atoms with van der Waals surface area (Å²) < 4.78 is 3.42. The van der Waals surface area contributed by atoms with Crippen LogP contribution in [0.25, 0.3) is 5.69 Å². The van der Waals surface area contributed by atoms with E-state index in [9.17, 15) is 0 Å². The van der Waals surface area contributed by atoms with Crippen molar-refractivity contribution < 1.29 is 0 Å². The number of halogens is 1. The van der Waals surface area contributed by atoms with Crippen LogP contribution in [-0.2, 0) is 12.9 Å². The molecule has 0 radical (unpaired) electrons. The number of hydrogen-bond donors (Lipinski definition) is 0. The molecule has 0 saturated carbocycles. The van der Waals surface area contributed by atoms with Gasteiger partial charge in [0, 0.05) is 7.05 Å². The standard InChI is InChI=1S/C8H10ClN5/c1-6-8(5-13(2)11-6)14-4-7(3-9)10-12-14/h4-5H,3H2,1-2H3. The highest BCUT2D eigenvalue weighted by molar-refractivity contribution is 6.16. The fourth-order valence-corrected chi connectivity index (χ4v) is 1.41. The van der Waals surface area contributed by atoms with E-state index in [4.69, 9.17) is 11.6 Å². The second-order valence-corrected chi connectivity index (χ2v) is 3.33. The molecule has 0 unspecified atom stereocenters. The fourth-order valence-electron chi connectivity index (χ4n) is 1.29. The third kappa shape index (κ3) is 1.50. The van der Waals surface area contributed by atoms with Crippen LogP contribution in [0.5, 0.6) is 0 Å². The Morgan fingerprint density at radius 3 is 2.71 bits per heavy atom. The molecule has 2 aromatic rings. The summed E-state index contributed by atoms with van der Waals surface area (Å²) in [6.45, 7) is 1.93. The zero-order valence-electron chi connectivity index (χ0n) is 7.98. The Morgan fingerprint density at radius 2 is 2.21 bits per heavy atom. The van der Waals surface area contributed by atoms with Crippen molar-refractivity contribution in [2.45, 2.75) is 12.8 Å². The molecule has 0 amide bonds. The van der Waals surface area contributed by atoms with Crippen molar-refractivity contribution in [1.82, 2.24) is 24.8 Å². The van der Waals surface area contributed by atoms with Crippen LogP contribution in [0.15, 0.2) is 12.4 Å². The highest BCUT2D eigenvalue weighted by Gasteiger charge is 2.07. The highest BCUT2D eigenvalue weighted by Crippen LogP contribution is 2.10. The molecule has 0 aliphatic carbocycles. The van der Waals surface area contributed by atoms with Gasteiger partial charge in [0.25, 0.3) is 0 Å². The first-order chi connectivity index (χ1) is 6.70. The number of aryl methyl sites for hydroxylation is 2. The van der Waals surface area contributed by atoms with Gasteiger partial charge < -0.3 is 0 Å². The molecule has 2 rings (SSSR count). The molecular weight excluding hydrogens is 202 g/mol. The minimum absolute atomic E-state index is 0.374. The summed E-state index contributed by atoms with van der Waals surface area (Å²) in [5, 5.41) is 12.1. The van der Waals surface area contributed by atoms with E-state index in [1.165, 1.54) is 0 Å². The summed E-state index contributed by atoms with van der Waals surface area (Å²) >= 11 is 5.64. The molecule has 74 valence electrons. The molecule has 2 heterocycles. The van der Waals surface area contributed by atoms with Crippen molar-refractivity contribution in [2.24, 2.45) is 7.05 Å². The van der Waals surface area contributed by atoms with Gasteiger partial charge >= 0.3 is 0 Å². The molecule has 0 aliphatic heterocycles. The van der Waals surface area contributed by atoms with Crippen LogP contribution in [-0.4, -0.2) is 24.8 Å². The summed E-state index contributed by atoms with van der Waals surface area (Å²) in [6.07, 6.45) is 3.69. The first kappa shape index (κ1) is 9.21. The van der Waals surface area contributed by atoms with E-state index in [2.05, 4.69) is 15.4 Å². The maximum Gasteiger partial charge on any atom is 0.107 e. The average Bonchev–Trinajstić information content (AvgIpc) is 2.71. The molecule has 0 N–H and O–H groups in total. The van der Waals surface area contributed by atoms with Crippen molar-refractivity contribution in [1.29, 1.82) is 0 Å². The van der Waals surface area contributed by atoms with Crippen LogP contribution in [0.4, 0.5) is 0 Å². The molecule has 6 heteroatoms. The lowest BCUT2D eigenvalue weighted by molar-refractivity contribution is 0.755. The number of alkyl halides is 1. The molecule has 0 spiro atoms. The molecule has 0 fully saturated rings. The SMILES string of the molecule is Cc1nn(C)cc1-n1cc(CCl)nn1. The minimum Gasteiger partial charge on any atom is -0.273 e. The topological polar surface area (TPSA) is 48.5 Å². The van der Waals surface area contributed by atoms with Gasteiger partial charge in [-0.15, -0.1) is 16.7 Å². The summed E-state index contributed by atoms with van der Waals surface area (Å²) in [4.78, 5) is 0. The summed E-state index contributed by atoms with van der Waals surface area (Å²) in [5.74, 6) is 0.374. The number of hydrogen-bond acceptors (Lipinski definition) is 3. The fraction of sp³-hybridized carbons (Fsp3) is 0.375. The van der Waals surface area contributed by atoms with Crippen molar-refractivity contribution in [3.05, 3.63) is 23.8 Å². The van der Waals surface area contributed by atoms with Crippen LogP contribution < -0.4 is 0 Å². The Labute approximate surface area is 86.3 Å². The Morgan fingerprint density at radius 1 is 1.43 bits per heavy atom. The lowest BCUT2D eigenvalue weighted by Gasteiger charge is -1.93. The predicted molar refractivity (Wildman–Crippen MR) is 52.4 cm³/mol. The summed E-state index contributed by atoms with van der Waals surface area (Å²) in [6, 6.07) is 0. The largest absolute Gasteiger partial charge is 0.273 e. The van der Waals surface area contributed by atoms with E-state index in [0.29, 0.717) is 5.88 Å². The summed E-state index contributed by atoms with van der Waals surface area (Å²) in [5.41, 5.74) is 2.60. The molecule has 0 bridgehead atoms. The molecule has 14 heavy (non-hydrogen) atoms. The average molecular weight is 212 g/mol. The van der Waals surface area contributed by atoms with Gasteiger partial charge in [0.1, 0.15) is 5.69 Å². The van der Waals surface area contributed by atoms with Gasteiger partial charge in [0.2, 0.25) is 0 Å². The first-order valence-corrected chi connectivity index (χ1v) is 4.72. The molecule has 5 nitrogen and oxygen atoms in total. The van der Waals surface area contributed by atoms with Gasteiger partial charge in [-0.05, 0) is 6.92 Å². The maximum atomic E-state index is 5.64. The Balaban J connectivity index is 2.43. The van der Waals surface area contributed by atoms with Gasteiger partial charge in [-0.3, -0.25) is 4.68 Å². The second-order valence-electron chi connectivity index (χ2n) is 3.06. The van der Waals surface area contributed by atoms with Crippen molar-refractivity contribution in [2.75, 3.05) is 0 Å². The van der Waals surface area contributed by atoms with Crippen molar-refractivity contribution in [3.63, 3.8) is 0 Å². The monoisotopic (exact) mass is 211 g/mol. The van der Waals surface area contributed by atoms with Crippen LogP contribution in [0.1, 0.15) is 11.4 Å². The minimum atomic E-state index is 0.374. The van der Waals surface area contributed by atoms with E-state index in [1.54, 1.807) is 15.6 Å². The third-order valence-corrected chi connectivity index (χ3v) is 2.19. The van der Waals surface area contributed by atoms with Crippen LogP contribution in [0.2, 0.25) is 0 Å². The Hall–Kier alpha value is -1.36. The van der Waals surface area contributed by atoms with Crippen LogP contribution in [0, 0.1) is 6.92 Å². The molecule has 0 saturated heterocycles. The van der Waals surface area contributed by atoms with Gasteiger partial charge in [0.05, 0.1) is 29.7 Å². The van der Waals surface area contributed by atoms with E-state index < -0.39 is 0 Å². The smallest absolute Gasteiger partial charge is 0.107 e. The van der Waals surface area contributed by atoms with Gasteiger partial charge in [0.15, 0.2) is 0 Å². The lowest BCUT2D eigenvalue weighted by atomic mass is 10.4. The van der Waals surface area contributed by atoms with Crippen molar-refractivity contribution in [3.8, 4) is 5.69 Å². The number of aromatic nitrogens is 5. The van der Waals surface area contributed by atoms with Crippen LogP contribution in [0.3, 0.4) is 0 Å². The molecule has 2 aromatic heterocycles.